The topological polar surface area (TPSA) is 95.6 Å². The normalized spacial score (nSPS) is 13.6. The molecule has 0 spiro atoms. The second kappa shape index (κ2) is 10.0. The quantitative estimate of drug-likeness (QED) is 0.478. The van der Waals surface area contributed by atoms with Gasteiger partial charge in [0.05, 0.1) is 23.4 Å². The lowest BCUT2D eigenvalue weighted by Crippen LogP contribution is -2.28. The van der Waals surface area contributed by atoms with Crippen molar-refractivity contribution in [3.63, 3.8) is 0 Å². The fourth-order valence-electron chi connectivity index (χ4n) is 3.70. The highest BCUT2D eigenvalue weighted by atomic mass is 19.4. The molecule has 3 aromatic carbocycles. The molecule has 10 heteroatoms. The predicted octanol–water partition coefficient (Wildman–Crippen LogP) is 4.86. The van der Waals surface area contributed by atoms with E-state index >= 15 is 0 Å². The zero-order valence-electron chi connectivity index (χ0n) is 18.8. The number of nitrogens with one attached hydrogen (secondary N) is 2. The Morgan fingerprint density at radius 2 is 1.47 bits per heavy atom. The summed E-state index contributed by atoms with van der Waals surface area (Å²) in [6.07, 6.45) is -4.16. The Labute approximate surface area is 203 Å². The number of imide groups is 1. The van der Waals surface area contributed by atoms with E-state index in [2.05, 4.69) is 10.6 Å². The molecule has 2 N–H and O–H groups in total. The lowest BCUT2D eigenvalue weighted by atomic mass is 10.1. The van der Waals surface area contributed by atoms with Gasteiger partial charge in [-0.1, -0.05) is 30.3 Å². The number of amides is 4. The highest BCUT2D eigenvalue weighted by molar-refractivity contribution is 6.12. The summed E-state index contributed by atoms with van der Waals surface area (Å²) in [5, 5.41) is 5.06. The van der Waals surface area contributed by atoms with Crippen LogP contribution in [0.5, 0.6) is 0 Å². The number of anilines is 2. The van der Waals surface area contributed by atoms with Crippen molar-refractivity contribution in [2.75, 3.05) is 10.6 Å². The van der Waals surface area contributed by atoms with Crippen LogP contribution in [0.2, 0.25) is 0 Å². The van der Waals surface area contributed by atoms with Crippen LogP contribution in [0.3, 0.4) is 0 Å². The molecular formula is C26H20F3N3O4. The molecule has 1 heterocycles. The second-order valence-electron chi connectivity index (χ2n) is 8.10. The maximum atomic E-state index is 13.0. The van der Waals surface area contributed by atoms with Crippen molar-refractivity contribution in [2.24, 2.45) is 0 Å². The Morgan fingerprint density at radius 3 is 2.14 bits per heavy atom. The molecule has 0 radical (unpaired) electrons. The van der Waals surface area contributed by atoms with Crippen LogP contribution in [-0.4, -0.2) is 28.5 Å². The van der Waals surface area contributed by atoms with Crippen LogP contribution in [-0.2, 0) is 22.3 Å². The third-order valence-corrected chi connectivity index (χ3v) is 5.58. The fraction of sp³-hybridized carbons (Fsp3) is 0.154. The number of hydrogen-bond donors (Lipinski definition) is 2. The van der Waals surface area contributed by atoms with Crippen molar-refractivity contribution in [1.82, 2.24) is 4.90 Å². The number of para-hydroxylation sites is 1. The highest BCUT2D eigenvalue weighted by Crippen LogP contribution is 2.31. The van der Waals surface area contributed by atoms with Crippen molar-refractivity contribution in [3.05, 3.63) is 95.1 Å². The summed E-state index contributed by atoms with van der Waals surface area (Å²) in [4.78, 5) is 50.3. The first-order valence-corrected chi connectivity index (χ1v) is 10.9. The molecule has 0 bridgehead atoms. The molecule has 4 rings (SSSR count). The third-order valence-electron chi connectivity index (χ3n) is 5.58. The molecule has 7 nitrogen and oxygen atoms in total. The number of carbonyl (C=O) groups excluding carboxylic acids is 4. The van der Waals surface area contributed by atoms with E-state index in [0.717, 1.165) is 12.1 Å². The van der Waals surface area contributed by atoms with E-state index in [1.54, 1.807) is 24.3 Å². The van der Waals surface area contributed by atoms with Crippen LogP contribution in [0.15, 0.2) is 72.8 Å². The van der Waals surface area contributed by atoms with Crippen LogP contribution < -0.4 is 10.6 Å². The zero-order valence-corrected chi connectivity index (χ0v) is 18.8. The van der Waals surface area contributed by atoms with E-state index in [4.69, 9.17) is 0 Å². The zero-order chi connectivity index (χ0) is 25.9. The van der Waals surface area contributed by atoms with E-state index in [0.29, 0.717) is 5.56 Å². The molecule has 4 amide bonds. The second-order valence-corrected chi connectivity index (χ2v) is 8.10. The summed E-state index contributed by atoms with van der Waals surface area (Å²) in [7, 11) is 0. The largest absolute Gasteiger partial charge is 0.416 e. The Morgan fingerprint density at radius 1 is 0.806 bits per heavy atom. The Hall–Kier alpha value is -4.47. The van der Waals surface area contributed by atoms with Crippen molar-refractivity contribution < 1.29 is 32.3 Å². The predicted molar refractivity (Wildman–Crippen MR) is 125 cm³/mol. The van der Waals surface area contributed by atoms with Gasteiger partial charge in [-0.3, -0.25) is 24.1 Å². The minimum Gasteiger partial charge on any atom is -0.322 e. The maximum absolute atomic E-state index is 13.0. The number of hydrogen-bond acceptors (Lipinski definition) is 4. The smallest absolute Gasteiger partial charge is 0.322 e. The van der Waals surface area contributed by atoms with E-state index in [9.17, 15) is 32.3 Å². The van der Waals surface area contributed by atoms with Crippen LogP contribution in [0, 0.1) is 0 Å². The van der Waals surface area contributed by atoms with Crippen molar-refractivity contribution in [2.45, 2.75) is 25.6 Å². The first-order chi connectivity index (χ1) is 17.1. The van der Waals surface area contributed by atoms with Crippen LogP contribution in [0.1, 0.15) is 44.7 Å². The third kappa shape index (κ3) is 5.60. The number of rotatable bonds is 6. The Bertz CT molecular complexity index is 1320. The van der Waals surface area contributed by atoms with Gasteiger partial charge >= 0.3 is 6.18 Å². The summed E-state index contributed by atoms with van der Waals surface area (Å²) in [5.41, 5.74) is 0.238. The SMILES string of the molecule is O=C(Nc1ccccc1C(=O)Nc1cccc(C(F)(F)F)c1)c1ccc(CN2C(=O)CCC2=O)cc1. The fourth-order valence-corrected chi connectivity index (χ4v) is 3.70. The van der Waals surface area contributed by atoms with Gasteiger partial charge in [0, 0.05) is 24.1 Å². The van der Waals surface area contributed by atoms with Gasteiger partial charge in [0.15, 0.2) is 0 Å². The molecule has 36 heavy (non-hydrogen) atoms. The van der Waals surface area contributed by atoms with Crippen LogP contribution >= 0.6 is 0 Å². The molecule has 3 aromatic rings. The van der Waals surface area contributed by atoms with Gasteiger partial charge in [0.25, 0.3) is 11.8 Å². The molecule has 1 fully saturated rings. The number of benzene rings is 3. The molecular weight excluding hydrogens is 475 g/mol. The van der Waals surface area contributed by atoms with E-state index in [1.807, 2.05) is 0 Å². The molecule has 1 saturated heterocycles. The number of halogens is 3. The van der Waals surface area contributed by atoms with Gasteiger partial charge in [-0.25, -0.2) is 0 Å². The molecule has 1 aliphatic heterocycles. The van der Waals surface area contributed by atoms with Crippen molar-refractivity contribution >= 4 is 35.0 Å². The average Bonchev–Trinajstić information content (AvgIpc) is 3.16. The lowest BCUT2D eigenvalue weighted by molar-refractivity contribution is -0.139. The van der Waals surface area contributed by atoms with Crippen molar-refractivity contribution in [3.8, 4) is 0 Å². The monoisotopic (exact) mass is 495 g/mol. The highest BCUT2D eigenvalue weighted by Gasteiger charge is 2.31. The molecule has 0 aliphatic carbocycles. The van der Waals surface area contributed by atoms with E-state index in [1.165, 1.54) is 41.3 Å². The number of alkyl halides is 3. The first kappa shape index (κ1) is 24.6. The lowest BCUT2D eigenvalue weighted by Gasteiger charge is -2.14. The summed E-state index contributed by atoms with van der Waals surface area (Å²) in [6.45, 7) is 0.123. The maximum Gasteiger partial charge on any atom is 0.416 e. The summed E-state index contributed by atoms with van der Waals surface area (Å²) >= 11 is 0. The molecule has 0 aromatic heterocycles. The van der Waals surface area contributed by atoms with Gasteiger partial charge in [-0.2, -0.15) is 13.2 Å². The van der Waals surface area contributed by atoms with Gasteiger partial charge in [-0.15, -0.1) is 0 Å². The Kier molecular flexibility index (Phi) is 6.86. The number of carbonyl (C=O) groups is 4. The van der Waals surface area contributed by atoms with Gasteiger partial charge in [0.1, 0.15) is 0 Å². The van der Waals surface area contributed by atoms with Crippen LogP contribution in [0.25, 0.3) is 0 Å². The van der Waals surface area contributed by atoms with Gasteiger partial charge < -0.3 is 10.6 Å². The first-order valence-electron chi connectivity index (χ1n) is 10.9. The van der Waals surface area contributed by atoms with E-state index < -0.39 is 23.6 Å². The van der Waals surface area contributed by atoms with Crippen LogP contribution in [0.4, 0.5) is 24.5 Å². The average molecular weight is 495 g/mol. The van der Waals surface area contributed by atoms with E-state index in [-0.39, 0.29) is 53.7 Å². The number of likely N-dealkylation sites (tertiary alicyclic amines) is 1. The molecule has 1 aliphatic rings. The summed E-state index contributed by atoms with van der Waals surface area (Å²) < 4.78 is 38.9. The molecule has 0 atom stereocenters. The van der Waals surface area contributed by atoms with Gasteiger partial charge in [0.2, 0.25) is 11.8 Å². The molecule has 0 unspecified atom stereocenters. The standard InChI is InChI=1S/C26H20F3N3O4/c27-26(28,29)18-4-3-5-19(14-18)30-25(36)20-6-1-2-7-21(20)31-24(35)17-10-8-16(9-11-17)15-32-22(33)12-13-23(32)34/h1-11,14H,12-13,15H2,(H,30,36)(H,31,35). The molecule has 184 valence electrons. The molecule has 0 saturated carbocycles. The minimum atomic E-state index is -4.55. The summed E-state index contributed by atoms with van der Waals surface area (Å²) in [5.74, 6) is -1.68. The summed E-state index contributed by atoms with van der Waals surface area (Å²) in [6, 6.07) is 16.6. The number of nitrogens with zero attached hydrogens (tertiary/aromatic N) is 1. The minimum absolute atomic E-state index is 0.0403. The Balaban J connectivity index is 1.45. The van der Waals surface area contributed by atoms with Gasteiger partial charge in [-0.05, 0) is 48.0 Å². The van der Waals surface area contributed by atoms with Crippen molar-refractivity contribution in [1.29, 1.82) is 0 Å².